The van der Waals surface area contributed by atoms with E-state index in [4.69, 9.17) is 0 Å². The van der Waals surface area contributed by atoms with E-state index in [-0.39, 0.29) is 10.8 Å². The molecule has 0 bridgehead atoms. The van der Waals surface area contributed by atoms with Crippen molar-refractivity contribution in [1.29, 1.82) is 0 Å². The lowest BCUT2D eigenvalue weighted by Crippen LogP contribution is -2.30. The Morgan fingerprint density at radius 3 is 2.30 bits per heavy atom. The predicted octanol–water partition coefficient (Wildman–Crippen LogP) is 4.71. The van der Waals surface area contributed by atoms with Crippen LogP contribution in [0.4, 0.5) is 5.13 Å². The van der Waals surface area contributed by atoms with Gasteiger partial charge in [0.1, 0.15) is 0 Å². The van der Waals surface area contributed by atoms with Crippen molar-refractivity contribution in [2.45, 2.75) is 32.6 Å². The minimum Gasteiger partial charge on any atom is -0.298 e. The first-order valence-electron chi connectivity index (χ1n) is 9.71. The van der Waals surface area contributed by atoms with Crippen molar-refractivity contribution in [2.24, 2.45) is 0 Å². The van der Waals surface area contributed by atoms with Crippen LogP contribution in [0.25, 0.3) is 11.3 Å². The van der Waals surface area contributed by atoms with Crippen LogP contribution in [0.15, 0.2) is 52.7 Å². The van der Waals surface area contributed by atoms with E-state index in [1.165, 1.54) is 51.0 Å². The van der Waals surface area contributed by atoms with E-state index in [1.807, 2.05) is 11.4 Å². The quantitative estimate of drug-likeness (QED) is 0.574. The summed E-state index contributed by atoms with van der Waals surface area (Å²) in [7, 11) is -3.55. The van der Waals surface area contributed by atoms with Crippen molar-refractivity contribution in [3.05, 3.63) is 64.5 Å². The van der Waals surface area contributed by atoms with Gasteiger partial charge in [-0.15, -0.1) is 11.3 Å². The third kappa shape index (κ3) is 4.61. The number of rotatable bonds is 7. The molecule has 1 N–H and O–H groups in total. The van der Waals surface area contributed by atoms with Gasteiger partial charge in [0.25, 0.3) is 5.91 Å². The summed E-state index contributed by atoms with van der Waals surface area (Å²) in [5, 5.41) is 5.18. The maximum absolute atomic E-state index is 12.6. The minimum atomic E-state index is -3.55. The lowest BCUT2D eigenvalue weighted by molar-refractivity contribution is 0.102. The Hall–Kier alpha value is -2.55. The second-order valence-electron chi connectivity index (χ2n) is 6.90. The van der Waals surface area contributed by atoms with Crippen LogP contribution in [0.1, 0.15) is 35.3 Å². The highest BCUT2D eigenvalue weighted by Gasteiger charge is 2.21. The number of thiazole rings is 1. The summed E-state index contributed by atoms with van der Waals surface area (Å²) in [6.07, 6.45) is 0. The molecule has 0 aliphatic heterocycles. The van der Waals surface area contributed by atoms with E-state index in [2.05, 4.69) is 36.3 Å². The molecule has 1 heterocycles. The van der Waals surface area contributed by atoms with Gasteiger partial charge >= 0.3 is 0 Å². The average Bonchev–Trinajstić information content (AvgIpc) is 3.19. The summed E-state index contributed by atoms with van der Waals surface area (Å²) in [6, 6.07) is 12.1. The Bertz CT molecular complexity index is 1150. The molecule has 0 atom stereocenters. The highest BCUT2D eigenvalue weighted by atomic mass is 32.2. The summed E-state index contributed by atoms with van der Waals surface area (Å²) in [4.78, 5) is 17.2. The zero-order chi connectivity index (χ0) is 21.9. The summed E-state index contributed by atoms with van der Waals surface area (Å²) in [6.45, 7) is 8.50. The molecule has 3 aromatic rings. The van der Waals surface area contributed by atoms with Crippen molar-refractivity contribution in [1.82, 2.24) is 9.29 Å². The van der Waals surface area contributed by atoms with Crippen molar-refractivity contribution >= 4 is 32.4 Å². The molecular formula is C22H25N3O3S2. The summed E-state index contributed by atoms with van der Waals surface area (Å²) >= 11 is 1.35. The van der Waals surface area contributed by atoms with Gasteiger partial charge in [0.15, 0.2) is 5.13 Å². The van der Waals surface area contributed by atoms with Gasteiger partial charge in [-0.25, -0.2) is 13.4 Å². The lowest BCUT2D eigenvalue weighted by atomic mass is 10.1. The molecule has 0 spiro atoms. The molecule has 0 aliphatic rings. The number of benzene rings is 2. The molecule has 1 aromatic heterocycles. The second kappa shape index (κ2) is 9.07. The van der Waals surface area contributed by atoms with Gasteiger partial charge in [0.05, 0.1) is 10.6 Å². The first-order valence-corrected chi connectivity index (χ1v) is 12.0. The number of carbonyl (C=O) groups is 1. The Balaban J connectivity index is 1.74. The highest BCUT2D eigenvalue weighted by Crippen LogP contribution is 2.27. The molecule has 30 heavy (non-hydrogen) atoms. The molecule has 0 aliphatic carbocycles. The molecule has 0 radical (unpaired) electrons. The standard InChI is InChI=1S/C22H25N3O3S2/c1-5-25(6-2)30(27,28)19-11-9-17(10-12-19)21(26)24-22-23-20(14-29-22)18-8-7-15(3)16(4)13-18/h7-14H,5-6H2,1-4H3,(H,23,24,26). The number of nitrogens with zero attached hydrogens (tertiary/aromatic N) is 2. The number of amides is 1. The first kappa shape index (κ1) is 22.1. The van der Waals surface area contributed by atoms with Gasteiger partial charge in [-0.3, -0.25) is 10.1 Å². The van der Waals surface area contributed by atoms with Gasteiger partial charge in [-0.05, 0) is 55.3 Å². The molecule has 1 amide bonds. The number of sulfonamides is 1. The Morgan fingerprint density at radius 2 is 1.70 bits per heavy atom. The summed E-state index contributed by atoms with van der Waals surface area (Å²) in [5.74, 6) is -0.331. The minimum absolute atomic E-state index is 0.175. The average molecular weight is 444 g/mol. The van der Waals surface area contributed by atoms with Crippen molar-refractivity contribution < 1.29 is 13.2 Å². The van der Waals surface area contributed by atoms with Crippen LogP contribution in [-0.4, -0.2) is 36.7 Å². The fourth-order valence-electron chi connectivity index (χ4n) is 3.02. The number of anilines is 1. The van der Waals surface area contributed by atoms with Crippen LogP contribution >= 0.6 is 11.3 Å². The SMILES string of the molecule is CCN(CC)S(=O)(=O)c1ccc(C(=O)Nc2nc(-c3ccc(C)c(C)c3)cs2)cc1. The monoisotopic (exact) mass is 443 g/mol. The number of aromatic nitrogens is 1. The lowest BCUT2D eigenvalue weighted by Gasteiger charge is -2.18. The first-order chi connectivity index (χ1) is 14.3. The molecular weight excluding hydrogens is 418 g/mol. The van der Waals surface area contributed by atoms with E-state index in [1.54, 1.807) is 13.8 Å². The van der Waals surface area contributed by atoms with Gasteiger partial charge < -0.3 is 0 Å². The van der Waals surface area contributed by atoms with E-state index in [9.17, 15) is 13.2 Å². The normalized spacial score (nSPS) is 11.6. The zero-order valence-corrected chi connectivity index (χ0v) is 19.1. The second-order valence-corrected chi connectivity index (χ2v) is 9.70. The summed E-state index contributed by atoms with van der Waals surface area (Å²) < 4.78 is 26.5. The molecule has 8 heteroatoms. The predicted molar refractivity (Wildman–Crippen MR) is 122 cm³/mol. The van der Waals surface area contributed by atoms with Gasteiger partial charge in [0, 0.05) is 29.6 Å². The Labute approximate surface area is 181 Å². The fraction of sp³-hybridized carbons (Fsp3) is 0.273. The van der Waals surface area contributed by atoms with Gasteiger partial charge in [-0.2, -0.15) is 4.31 Å². The Kier molecular flexibility index (Phi) is 6.70. The van der Waals surface area contributed by atoms with Gasteiger partial charge in [0.2, 0.25) is 10.0 Å². The highest BCUT2D eigenvalue weighted by molar-refractivity contribution is 7.89. The third-order valence-electron chi connectivity index (χ3n) is 4.99. The number of nitrogens with one attached hydrogen (secondary N) is 1. The molecule has 0 saturated carbocycles. The van der Waals surface area contributed by atoms with Crippen LogP contribution in [0.3, 0.4) is 0 Å². The van der Waals surface area contributed by atoms with Crippen LogP contribution in [0.5, 0.6) is 0 Å². The van der Waals surface area contributed by atoms with E-state index < -0.39 is 10.0 Å². The van der Waals surface area contributed by atoms with E-state index in [0.717, 1.165) is 11.3 Å². The molecule has 0 fully saturated rings. The molecule has 0 saturated heterocycles. The maximum Gasteiger partial charge on any atom is 0.257 e. The fourth-order valence-corrected chi connectivity index (χ4v) is 5.20. The number of hydrogen-bond acceptors (Lipinski definition) is 5. The number of carbonyl (C=O) groups excluding carboxylic acids is 1. The smallest absolute Gasteiger partial charge is 0.257 e. The topological polar surface area (TPSA) is 79.4 Å². The number of aryl methyl sites for hydroxylation is 2. The summed E-state index contributed by atoms with van der Waals surface area (Å²) in [5.41, 5.74) is 4.58. The van der Waals surface area contributed by atoms with Crippen LogP contribution in [0, 0.1) is 13.8 Å². The van der Waals surface area contributed by atoms with Crippen LogP contribution < -0.4 is 5.32 Å². The molecule has 0 unspecified atom stereocenters. The molecule has 2 aromatic carbocycles. The van der Waals surface area contributed by atoms with Crippen LogP contribution in [0.2, 0.25) is 0 Å². The van der Waals surface area contributed by atoms with E-state index >= 15 is 0 Å². The number of hydrogen-bond donors (Lipinski definition) is 1. The van der Waals surface area contributed by atoms with Gasteiger partial charge in [-0.1, -0.05) is 26.0 Å². The molecule has 6 nitrogen and oxygen atoms in total. The van der Waals surface area contributed by atoms with Crippen LogP contribution in [-0.2, 0) is 10.0 Å². The molecule has 3 rings (SSSR count). The van der Waals surface area contributed by atoms with Crippen molar-refractivity contribution in [2.75, 3.05) is 18.4 Å². The van der Waals surface area contributed by atoms with Crippen molar-refractivity contribution in [3.8, 4) is 11.3 Å². The molecule has 158 valence electrons. The van der Waals surface area contributed by atoms with E-state index in [0.29, 0.717) is 23.8 Å². The largest absolute Gasteiger partial charge is 0.298 e. The Morgan fingerprint density at radius 1 is 1.03 bits per heavy atom. The van der Waals surface area contributed by atoms with Crippen molar-refractivity contribution in [3.63, 3.8) is 0 Å². The zero-order valence-electron chi connectivity index (χ0n) is 17.5. The third-order valence-corrected chi connectivity index (χ3v) is 7.81. The maximum atomic E-state index is 12.6.